The molecular weight excluding hydrogens is 1030 g/mol. The first-order valence-electron chi connectivity index (χ1n) is 18.2. The minimum absolute atomic E-state index is 0.766. The summed E-state index contributed by atoms with van der Waals surface area (Å²) in [6.07, 6.45) is 4.86. The number of allylic oxidation sites excluding steroid dienone is 6. The molecule has 0 heterocycles. The lowest BCUT2D eigenvalue weighted by Crippen LogP contribution is -2.25. The summed E-state index contributed by atoms with van der Waals surface area (Å²) >= 11 is 0. The second kappa shape index (κ2) is 20.2. The molecule has 0 amide bonds. The molecule has 0 N–H and O–H groups in total. The molecule has 360 valence electrons. The first-order valence-corrected chi connectivity index (χ1v) is 18.2. The molecule has 0 saturated heterocycles. The van der Waals surface area contributed by atoms with Gasteiger partial charge in [0.05, 0.1) is 54.6 Å². The van der Waals surface area contributed by atoms with Crippen LogP contribution in [0.3, 0.4) is 0 Å². The predicted octanol–water partition coefficient (Wildman–Crippen LogP) is 9.40. The Labute approximate surface area is 396 Å². The molecule has 1 fully saturated rings. The predicted molar refractivity (Wildman–Crippen MR) is 206 cm³/mol. The normalized spacial score (nSPS) is 11.4. The Kier molecular flexibility index (Phi) is 14.7. The highest BCUT2D eigenvalue weighted by atomic mass is 19.2. The number of fused-ring (bicyclic) bond motifs is 1. The highest BCUT2D eigenvalue weighted by Crippen LogP contribution is 2.57. The van der Waals surface area contributed by atoms with Crippen LogP contribution in [0.2, 0.25) is 0 Å². The number of hydrogen-bond acceptors (Lipinski definition) is 9. The van der Waals surface area contributed by atoms with Crippen LogP contribution in [0.5, 0.6) is 0 Å². The molecule has 0 aliphatic heterocycles. The summed E-state index contributed by atoms with van der Waals surface area (Å²) < 4.78 is 263. The van der Waals surface area contributed by atoms with Crippen molar-refractivity contribution in [2.45, 2.75) is 0 Å². The number of hydrogen-bond donors (Lipinski definition) is 0. The van der Waals surface area contributed by atoms with Crippen molar-refractivity contribution >= 4 is 38.6 Å². The molecule has 9 nitrogen and oxygen atoms in total. The van der Waals surface area contributed by atoms with E-state index in [0.29, 0.717) is 0 Å². The van der Waals surface area contributed by atoms with Crippen LogP contribution in [-0.4, -0.2) is 0 Å². The molecule has 74 heavy (non-hydrogen) atoms. The van der Waals surface area contributed by atoms with E-state index in [-0.39, 0.29) is 0 Å². The quantitative estimate of drug-likeness (QED) is 0.0727. The Balaban J connectivity index is 0.000000328. The van der Waals surface area contributed by atoms with Gasteiger partial charge in [0.15, 0.2) is 93.1 Å². The van der Waals surface area contributed by atoms with Crippen LogP contribution in [0.25, 0.3) is 38.6 Å². The molecule has 0 unspecified atom stereocenters. The van der Waals surface area contributed by atoms with Crippen molar-refractivity contribution in [1.82, 2.24) is 0 Å². The molecule has 0 aromatic heterocycles. The fourth-order valence-corrected chi connectivity index (χ4v) is 6.75. The number of halogens is 18. The minimum atomic E-state index is -2.53. The SMILES string of the molecule is C#C/C(C#N)=c1\c(F)c(F)c2c(F)c(=C(C#N)C#N)c(F)c(F)c2c1F.N#CC(=C1C(=C(C#N)c2c(F)c(F)c(C#N)c(F)c2F)C1=C(C#N)c1c(F)c(F)c(C#N)c(F)c1F)c1c(F)c(F)c(C#N)c(F)c1F. The van der Waals surface area contributed by atoms with Crippen molar-refractivity contribution in [2.24, 2.45) is 0 Å². The fraction of sp³-hybridized carbons (Fsp3) is 0. The maximum absolute atomic E-state index is 15.0. The monoisotopic (exact) mass is 1030 g/mol. The van der Waals surface area contributed by atoms with E-state index in [2.05, 4.69) is 0 Å². The van der Waals surface area contributed by atoms with Crippen molar-refractivity contribution < 1.29 is 79.0 Å². The number of benzene rings is 5. The van der Waals surface area contributed by atoms with Gasteiger partial charge in [0.2, 0.25) is 0 Å². The van der Waals surface area contributed by atoms with E-state index >= 15 is 26.3 Å². The van der Waals surface area contributed by atoms with Crippen molar-refractivity contribution in [3.63, 3.8) is 0 Å². The molecule has 1 saturated carbocycles. The van der Waals surface area contributed by atoms with Crippen LogP contribution in [0.1, 0.15) is 33.4 Å². The average molecular weight is 1030 g/mol. The van der Waals surface area contributed by atoms with Gasteiger partial charge in [0.25, 0.3) is 0 Å². The highest BCUT2D eigenvalue weighted by Gasteiger charge is 2.46. The minimum Gasteiger partial charge on any atom is -0.205 e. The third-order valence-electron chi connectivity index (χ3n) is 10.0. The standard InChI is InChI=1S/C30F12N6.C17HF6N3/c31-19-10(4-46)20(32)26(38)16(25(19)37)7(1-43)13-14(8(2-44)17-27(39)21(33)11(5-47)22(34)28(17)40)15(13)9(3-45)18-29(41)23(35)12(6-48)24(36)30(18)42;1-2-6(3-24)8-12(18)10-11(16(22)14(8)20)13(19)9(7(4-25)5-26)15(21)17(10)23/h;1H/b;8-6+. The van der Waals surface area contributed by atoms with E-state index in [4.69, 9.17) is 38.0 Å². The summed E-state index contributed by atoms with van der Waals surface area (Å²) in [7, 11) is 0. The smallest absolute Gasteiger partial charge is 0.180 e. The zero-order valence-electron chi connectivity index (χ0n) is 34.4. The van der Waals surface area contributed by atoms with E-state index in [1.54, 1.807) is 5.92 Å². The van der Waals surface area contributed by atoms with Crippen molar-refractivity contribution in [3.05, 3.63) is 165 Å². The van der Waals surface area contributed by atoms with E-state index in [0.717, 1.165) is 48.6 Å². The highest BCUT2D eigenvalue weighted by molar-refractivity contribution is 6.12. The van der Waals surface area contributed by atoms with Gasteiger partial charge in [-0.3, -0.25) is 0 Å². The third kappa shape index (κ3) is 7.88. The number of rotatable bonds is 3. The van der Waals surface area contributed by atoms with Gasteiger partial charge in [-0.1, -0.05) is 5.92 Å². The van der Waals surface area contributed by atoms with Crippen LogP contribution in [0.15, 0.2) is 16.7 Å². The maximum atomic E-state index is 15.0. The molecular formula is C47HF18N9. The molecule has 0 atom stereocenters. The Bertz CT molecular complexity index is 3730. The molecule has 1 aliphatic rings. The van der Waals surface area contributed by atoms with Gasteiger partial charge in [0, 0.05) is 16.7 Å². The van der Waals surface area contributed by atoms with Crippen LogP contribution >= 0.6 is 0 Å². The average Bonchev–Trinajstić information content (AvgIpc) is 4.10. The zero-order valence-corrected chi connectivity index (χ0v) is 34.4. The van der Waals surface area contributed by atoms with Crippen LogP contribution in [-0.2, 0) is 0 Å². The van der Waals surface area contributed by atoms with E-state index < -0.39 is 204 Å². The van der Waals surface area contributed by atoms with Crippen molar-refractivity contribution in [2.75, 3.05) is 0 Å². The summed E-state index contributed by atoms with van der Waals surface area (Å²) in [6.45, 7) is 0. The first-order chi connectivity index (χ1) is 34.9. The molecule has 0 spiro atoms. The lowest BCUT2D eigenvalue weighted by atomic mass is 9.99. The topological polar surface area (TPSA) is 214 Å². The molecule has 1 aliphatic carbocycles. The number of nitrogens with zero attached hydrogens (tertiary/aromatic N) is 9. The number of terminal acetylenes is 1. The molecule has 0 bridgehead atoms. The third-order valence-corrected chi connectivity index (χ3v) is 10.0. The summed E-state index contributed by atoms with van der Waals surface area (Å²) in [4.78, 5) is 0. The lowest BCUT2D eigenvalue weighted by Gasteiger charge is -2.09. The van der Waals surface area contributed by atoms with Gasteiger partial charge in [0.1, 0.15) is 94.1 Å². The van der Waals surface area contributed by atoms with Crippen LogP contribution in [0.4, 0.5) is 79.0 Å². The van der Waals surface area contributed by atoms with Gasteiger partial charge >= 0.3 is 0 Å². The molecule has 6 rings (SSSR count). The van der Waals surface area contributed by atoms with Gasteiger partial charge < -0.3 is 0 Å². The van der Waals surface area contributed by atoms with Gasteiger partial charge in [-0.15, -0.1) is 6.42 Å². The first kappa shape index (κ1) is 54.0. The van der Waals surface area contributed by atoms with Gasteiger partial charge in [-0.05, 0) is 0 Å². The van der Waals surface area contributed by atoms with Crippen molar-refractivity contribution in [1.29, 1.82) is 47.4 Å². The van der Waals surface area contributed by atoms with Crippen molar-refractivity contribution in [3.8, 4) is 67.0 Å². The summed E-state index contributed by atoms with van der Waals surface area (Å²) in [5.74, 6) is -41.0. The van der Waals surface area contributed by atoms with E-state index in [9.17, 15) is 68.5 Å². The molecule has 27 heteroatoms. The summed E-state index contributed by atoms with van der Waals surface area (Å²) in [5.41, 5.74) is -23.8. The Hall–Kier alpha value is -11.0. The fourth-order valence-electron chi connectivity index (χ4n) is 6.75. The Morgan fingerprint density at radius 3 is 0.689 bits per heavy atom. The second-order valence-corrected chi connectivity index (χ2v) is 13.6. The Morgan fingerprint density at radius 2 is 0.500 bits per heavy atom. The molecule has 0 radical (unpaired) electrons. The van der Waals surface area contributed by atoms with E-state index in [1.165, 1.54) is 6.07 Å². The lowest BCUT2D eigenvalue weighted by molar-refractivity contribution is 0.446. The maximum Gasteiger partial charge on any atom is 0.180 e. The van der Waals surface area contributed by atoms with Gasteiger partial charge in [-0.25, -0.2) is 79.0 Å². The molecule has 5 aromatic carbocycles. The zero-order chi connectivity index (χ0) is 55.9. The Morgan fingerprint density at radius 1 is 0.270 bits per heavy atom. The van der Waals surface area contributed by atoms with Crippen LogP contribution < -0.4 is 10.4 Å². The van der Waals surface area contributed by atoms with Gasteiger partial charge in [-0.2, -0.15) is 47.4 Å². The number of nitriles is 9. The molecule has 5 aromatic rings. The summed E-state index contributed by atoms with van der Waals surface area (Å²) in [5, 5.41) is 75.6. The summed E-state index contributed by atoms with van der Waals surface area (Å²) in [6, 6.07) is 8.46. The second-order valence-electron chi connectivity index (χ2n) is 13.6. The van der Waals surface area contributed by atoms with E-state index in [1.807, 2.05) is 0 Å². The van der Waals surface area contributed by atoms with Crippen LogP contribution in [0, 0.1) is 219 Å². The largest absolute Gasteiger partial charge is 0.205 e.